The van der Waals surface area contributed by atoms with Gasteiger partial charge < -0.3 is 15.3 Å². The minimum Gasteiger partial charge on any atom is -0.406 e. The quantitative estimate of drug-likeness (QED) is 0.311. The van der Waals surface area contributed by atoms with E-state index in [1.165, 1.54) is 17.7 Å². The zero-order valence-electron chi connectivity index (χ0n) is 16.4. The van der Waals surface area contributed by atoms with E-state index in [0.717, 1.165) is 24.1 Å². The maximum atomic E-state index is 12.2. The first kappa shape index (κ1) is 22.3. The molecule has 0 aliphatic rings. The second-order valence-corrected chi connectivity index (χ2v) is 7.02. The molecule has 0 aliphatic carbocycles. The van der Waals surface area contributed by atoms with Crippen LogP contribution in [0.5, 0.6) is 5.75 Å². The predicted molar refractivity (Wildman–Crippen MR) is 103 cm³/mol. The van der Waals surface area contributed by atoms with Gasteiger partial charge in [0, 0.05) is 5.56 Å². The van der Waals surface area contributed by atoms with E-state index in [2.05, 4.69) is 23.7 Å². The summed E-state index contributed by atoms with van der Waals surface area (Å²) in [5.41, 5.74) is 7.99. The second kappa shape index (κ2) is 9.45. The summed E-state index contributed by atoms with van der Waals surface area (Å²) in [5.74, 6) is -1.14. The molecule has 0 saturated carbocycles. The number of amidine groups is 1. The highest BCUT2D eigenvalue weighted by molar-refractivity contribution is 5.97. The molecule has 8 heteroatoms. The lowest BCUT2D eigenvalue weighted by Gasteiger charge is -2.11. The Morgan fingerprint density at radius 1 is 1.03 bits per heavy atom. The van der Waals surface area contributed by atoms with E-state index >= 15 is 0 Å². The maximum absolute atomic E-state index is 12.2. The smallest absolute Gasteiger partial charge is 0.406 e. The van der Waals surface area contributed by atoms with Gasteiger partial charge in [0.1, 0.15) is 5.75 Å². The number of hydrogen-bond acceptors (Lipinski definition) is 4. The third-order valence-corrected chi connectivity index (χ3v) is 4.09. The van der Waals surface area contributed by atoms with Crippen molar-refractivity contribution in [3.05, 3.63) is 65.2 Å². The summed E-state index contributed by atoms with van der Waals surface area (Å²) in [6.07, 6.45) is -3.83. The third-order valence-electron chi connectivity index (χ3n) is 4.09. The van der Waals surface area contributed by atoms with Crippen LogP contribution in [0.15, 0.2) is 53.7 Å². The molecular weight excluding hydrogens is 385 g/mol. The number of nitrogens with two attached hydrogens (primary N) is 1. The van der Waals surface area contributed by atoms with Crippen LogP contribution >= 0.6 is 0 Å². The Bertz CT molecular complexity index is 845. The highest BCUT2D eigenvalue weighted by atomic mass is 19.4. The Morgan fingerprint density at radius 3 is 2.14 bits per heavy atom. The summed E-state index contributed by atoms with van der Waals surface area (Å²) in [6, 6.07) is 12.4. The fraction of sp³-hybridized carbons (Fsp3) is 0.333. The predicted octanol–water partition coefficient (Wildman–Crippen LogP) is 4.75. The van der Waals surface area contributed by atoms with Crippen molar-refractivity contribution in [1.29, 1.82) is 0 Å². The first-order chi connectivity index (χ1) is 13.5. The van der Waals surface area contributed by atoms with Crippen molar-refractivity contribution in [1.82, 2.24) is 0 Å². The van der Waals surface area contributed by atoms with Crippen molar-refractivity contribution in [2.75, 3.05) is 0 Å². The summed E-state index contributed by atoms with van der Waals surface area (Å²) in [6.45, 7) is 5.95. The fourth-order valence-corrected chi connectivity index (χ4v) is 2.60. The first-order valence-electron chi connectivity index (χ1n) is 9.04. The van der Waals surface area contributed by atoms with E-state index < -0.39 is 18.2 Å². The molecule has 5 nitrogen and oxygen atoms in total. The first-order valence-corrected chi connectivity index (χ1v) is 9.04. The summed E-state index contributed by atoms with van der Waals surface area (Å²) in [4.78, 5) is 17.1. The maximum Gasteiger partial charge on any atom is 0.573 e. The van der Waals surface area contributed by atoms with Gasteiger partial charge in [-0.25, -0.2) is 4.79 Å². The molecular formula is C21H23F3N2O3. The minimum atomic E-state index is -4.78. The summed E-state index contributed by atoms with van der Waals surface area (Å²) in [7, 11) is 0. The van der Waals surface area contributed by atoms with Gasteiger partial charge in [-0.2, -0.15) is 0 Å². The van der Waals surface area contributed by atoms with E-state index in [9.17, 15) is 18.0 Å². The Labute approximate surface area is 167 Å². The summed E-state index contributed by atoms with van der Waals surface area (Å²) in [5, 5.41) is 3.58. The SMILES string of the molecule is CC(C)Cc1ccc([C@@H](C)C(=O)O/N=C(/N)c2ccc(OC(F)(F)F)cc2)cc1. The molecule has 0 unspecified atom stereocenters. The number of hydrogen-bond donors (Lipinski definition) is 1. The van der Waals surface area contributed by atoms with E-state index in [-0.39, 0.29) is 17.1 Å². The summed E-state index contributed by atoms with van der Waals surface area (Å²) < 4.78 is 40.3. The van der Waals surface area contributed by atoms with Crippen molar-refractivity contribution in [3.8, 4) is 5.75 Å². The lowest BCUT2D eigenvalue weighted by molar-refractivity contribution is -0.274. The van der Waals surface area contributed by atoms with Crippen LogP contribution in [0.25, 0.3) is 0 Å². The Hall–Kier alpha value is -3.03. The van der Waals surface area contributed by atoms with Crippen LogP contribution in [0.3, 0.4) is 0 Å². The van der Waals surface area contributed by atoms with E-state index in [4.69, 9.17) is 10.6 Å². The number of alkyl halides is 3. The van der Waals surface area contributed by atoms with E-state index in [1.54, 1.807) is 6.92 Å². The molecule has 2 aromatic carbocycles. The molecule has 0 fully saturated rings. The number of rotatable bonds is 7. The molecule has 1 atom stereocenters. The van der Waals surface area contributed by atoms with Gasteiger partial charge >= 0.3 is 12.3 Å². The highest BCUT2D eigenvalue weighted by Gasteiger charge is 2.31. The Morgan fingerprint density at radius 2 is 1.62 bits per heavy atom. The molecule has 156 valence electrons. The number of nitrogens with zero attached hydrogens (tertiary/aromatic N) is 1. The largest absolute Gasteiger partial charge is 0.573 e. The van der Waals surface area contributed by atoms with Crippen LogP contribution in [0, 0.1) is 5.92 Å². The second-order valence-electron chi connectivity index (χ2n) is 7.02. The molecule has 0 aromatic heterocycles. The number of carbonyl (C=O) groups is 1. The molecule has 29 heavy (non-hydrogen) atoms. The van der Waals surface area contributed by atoms with Gasteiger partial charge in [-0.05, 0) is 54.7 Å². The van der Waals surface area contributed by atoms with Gasteiger partial charge in [0.15, 0.2) is 5.84 Å². The lowest BCUT2D eigenvalue weighted by Crippen LogP contribution is -2.18. The van der Waals surface area contributed by atoms with Crippen molar-refractivity contribution in [3.63, 3.8) is 0 Å². The number of halogens is 3. The van der Waals surface area contributed by atoms with Crippen LogP contribution in [0.4, 0.5) is 13.2 Å². The number of ether oxygens (including phenoxy) is 1. The van der Waals surface area contributed by atoms with Crippen molar-refractivity contribution in [2.24, 2.45) is 16.8 Å². The van der Waals surface area contributed by atoms with Gasteiger partial charge in [0.2, 0.25) is 0 Å². The molecule has 0 heterocycles. The average molecular weight is 408 g/mol. The van der Waals surface area contributed by atoms with Crippen LogP contribution in [0.1, 0.15) is 43.4 Å². The number of benzene rings is 2. The fourth-order valence-electron chi connectivity index (χ4n) is 2.60. The standard InChI is InChI=1S/C21H23F3N2O3/c1-13(2)12-15-4-6-16(7-5-15)14(3)20(27)29-26-19(25)17-8-10-18(11-9-17)28-21(22,23)24/h4-11,13-14H,12H2,1-3H3,(H2,25,26)/t14-/m1/s1. The van der Waals surface area contributed by atoms with Crippen LogP contribution < -0.4 is 10.5 Å². The number of carbonyl (C=O) groups excluding carboxylic acids is 1. The molecule has 0 radical (unpaired) electrons. The topological polar surface area (TPSA) is 73.9 Å². The molecule has 0 saturated heterocycles. The van der Waals surface area contributed by atoms with Gasteiger partial charge in [-0.3, -0.25) is 0 Å². The average Bonchev–Trinajstić information content (AvgIpc) is 2.64. The highest BCUT2D eigenvalue weighted by Crippen LogP contribution is 2.23. The van der Waals surface area contributed by atoms with Crippen molar-refractivity contribution in [2.45, 2.75) is 39.5 Å². The Balaban J connectivity index is 1.98. The zero-order valence-corrected chi connectivity index (χ0v) is 16.4. The van der Waals surface area contributed by atoms with Crippen LogP contribution in [0.2, 0.25) is 0 Å². The summed E-state index contributed by atoms with van der Waals surface area (Å²) >= 11 is 0. The molecule has 2 aromatic rings. The molecule has 0 amide bonds. The van der Waals surface area contributed by atoms with Gasteiger partial charge in [0.25, 0.3) is 0 Å². The van der Waals surface area contributed by atoms with E-state index in [1.807, 2.05) is 24.3 Å². The number of oxime groups is 1. The van der Waals surface area contributed by atoms with Crippen LogP contribution in [-0.4, -0.2) is 18.2 Å². The van der Waals surface area contributed by atoms with Gasteiger partial charge in [0.05, 0.1) is 5.92 Å². The van der Waals surface area contributed by atoms with Gasteiger partial charge in [-0.15, -0.1) is 13.2 Å². The monoisotopic (exact) mass is 408 g/mol. The molecule has 0 bridgehead atoms. The van der Waals surface area contributed by atoms with Gasteiger partial charge in [-0.1, -0.05) is 43.3 Å². The lowest BCUT2D eigenvalue weighted by atomic mass is 9.97. The third kappa shape index (κ3) is 7.14. The van der Waals surface area contributed by atoms with Crippen molar-refractivity contribution < 1.29 is 27.5 Å². The Kier molecular flexibility index (Phi) is 7.25. The normalized spacial score (nSPS) is 13.3. The molecule has 2 N–H and O–H groups in total. The molecule has 0 aliphatic heterocycles. The molecule has 2 rings (SSSR count). The molecule has 0 spiro atoms. The zero-order chi connectivity index (χ0) is 21.6. The minimum absolute atomic E-state index is 0.142. The van der Waals surface area contributed by atoms with Crippen molar-refractivity contribution >= 4 is 11.8 Å². The van der Waals surface area contributed by atoms with E-state index in [0.29, 0.717) is 5.92 Å². The van der Waals surface area contributed by atoms with Crippen LogP contribution in [-0.2, 0) is 16.1 Å².